The standard InChI is InChI=1S/C14H19N5O2S/c1-11-6-15-9-16-14(11)12-4-3-5-19(7-12)22(20,21)13-8-18(2)10-17-13/h6,8-10,12H,3-5,7H2,1-2H3/t12-/m1/s1. The molecule has 3 rings (SSSR count). The van der Waals surface area contributed by atoms with Gasteiger partial charge < -0.3 is 4.57 Å². The van der Waals surface area contributed by atoms with E-state index >= 15 is 0 Å². The van der Waals surface area contributed by atoms with Gasteiger partial charge in [0.2, 0.25) is 0 Å². The van der Waals surface area contributed by atoms with Crippen LogP contribution in [0.2, 0.25) is 0 Å². The zero-order chi connectivity index (χ0) is 15.7. The topological polar surface area (TPSA) is 81.0 Å². The number of hydrogen-bond acceptors (Lipinski definition) is 5. The van der Waals surface area contributed by atoms with Gasteiger partial charge in [0, 0.05) is 38.4 Å². The Morgan fingerprint density at radius 2 is 2.14 bits per heavy atom. The third-order valence-corrected chi connectivity index (χ3v) is 5.74. The van der Waals surface area contributed by atoms with Crippen molar-refractivity contribution in [2.75, 3.05) is 13.1 Å². The minimum atomic E-state index is -3.54. The van der Waals surface area contributed by atoms with E-state index in [4.69, 9.17) is 0 Å². The van der Waals surface area contributed by atoms with Crippen LogP contribution < -0.4 is 0 Å². The second kappa shape index (κ2) is 5.77. The van der Waals surface area contributed by atoms with E-state index in [9.17, 15) is 8.42 Å². The molecular formula is C14H19N5O2S. The molecule has 8 heteroatoms. The maximum Gasteiger partial charge on any atom is 0.262 e. The third-order valence-electron chi connectivity index (χ3n) is 3.99. The molecule has 0 radical (unpaired) electrons. The first-order valence-corrected chi connectivity index (χ1v) is 8.67. The fourth-order valence-electron chi connectivity index (χ4n) is 2.87. The van der Waals surface area contributed by atoms with Crippen LogP contribution in [0, 0.1) is 6.92 Å². The Hall–Kier alpha value is -1.80. The molecule has 0 bridgehead atoms. The van der Waals surface area contributed by atoms with Crippen LogP contribution in [-0.4, -0.2) is 45.3 Å². The highest BCUT2D eigenvalue weighted by molar-refractivity contribution is 7.89. The van der Waals surface area contributed by atoms with Gasteiger partial charge in [0.25, 0.3) is 10.0 Å². The van der Waals surface area contributed by atoms with Gasteiger partial charge >= 0.3 is 0 Å². The van der Waals surface area contributed by atoms with Crippen LogP contribution in [0.5, 0.6) is 0 Å². The lowest BCUT2D eigenvalue weighted by Crippen LogP contribution is -2.39. The zero-order valence-corrected chi connectivity index (χ0v) is 13.5. The lowest BCUT2D eigenvalue weighted by Gasteiger charge is -2.31. The smallest absolute Gasteiger partial charge is 0.262 e. The van der Waals surface area contributed by atoms with Crippen LogP contribution in [0.4, 0.5) is 0 Å². The molecule has 3 heterocycles. The molecule has 1 aliphatic heterocycles. The first-order chi connectivity index (χ1) is 10.5. The molecule has 1 atom stereocenters. The highest BCUT2D eigenvalue weighted by Gasteiger charge is 2.33. The number of sulfonamides is 1. The Bertz CT molecular complexity index is 771. The first kappa shape index (κ1) is 15.1. The summed E-state index contributed by atoms with van der Waals surface area (Å²) in [7, 11) is -1.78. The number of nitrogens with zero attached hydrogens (tertiary/aromatic N) is 5. The molecule has 1 fully saturated rings. The molecule has 2 aromatic rings. The number of piperidine rings is 1. The zero-order valence-electron chi connectivity index (χ0n) is 12.7. The molecule has 0 unspecified atom stereocenters. The van der Waals surface area contributed by atoms with Crippen molar-refractivity contribution in [2.45, 2.75) is 30.7 Å². The minimum Gasteiger partial charge on any atom is -0.339 e. The van der Waals surface area contributed by atoms with Crippen LogP contribution in [0.1, 0.15) is 30.0 Å². The predicted molar refractivity (Wildman–Crippen MR) is 80.7 cm³/mol. The average molecular weight is 321 g/mol. The summed E-state index contributed by atoms with van der Waals surface area (Å²) in [6.45, 7) is 2.93. The molecule has 0 saturated carbocycles. The summed E-state index contributed by atoms with van der Waals surface area (Å²) in [5.74, 6) is 0.107. The summed E-state index contributed by atoms with van der Waals surface area (Å²) >= 11 is 0. The Labute approximate surface area is 130 Å². The van der Waals surface area contributed by atoms with Crippen LogP contribution in [0.15, 0.2) is 30.1 Å². The number of imidazole rings is 1. The van der Waals surface area contributed by atoms with E-state index in [1.54, 1.807) is 17.8 Å². The van der Waals surface area contributed by atoms with E-state index in [0.717, 1.165) is 24.1 Å². The number of aromatic nitrogens is 4. The van der Waals surface area contributed by atoms with Crippen molar-refractivity contribution in [3.05, 3.63) is 36.3 Å². The van der Waals surface area contributed by atoms with E-state index in [0.29, 0.717) is 13.1 Å². The molecule has 1 aliphatic rings. The van der Waals surface area contributed by atoms with Crippen molar-refractivity contribution >= 4 is 10.0 Å². The van der Waals surface area contributed by atoms with Crippen molar-refractivity contribution in [1.29, 1.82) is 0 Å². The van der Waals surface area contributed by atoms with E-state index < -0.39 is 10.0 Å². The monoisotopic (exact) mass is 321 g/mol. The van der Waals surface area contributed by atoms with Crippen molar-refractivity contribution in [3.63, 3.8) is 0 Å². The molecule has 0 amide bonds. The average Bonchev–Trinajstić information content (AvgIpc) is 2.95. The molecule has 118 valence electrons. The van der Waals surface area contributed by atoms with E-state index in [1.165, 1.54) is 23.2 Å². The summed E-state index contributed by atoms with van der Waals surface area (Å²) < 4.78 is 28.5. The van der Waals surface area contributed by atoms with Crippen LogP contribution in [0.3, 0.4) is 0 Å². The number of rotatable bonds is 3. The molecule has 2 aromatic heterocycles. The Morgan fingerprint density at radius 3 is 2.82 bits per heavy atom. The molecule has 22 heavy (non-hydrogen) atoms. The summed E-state index contributed by atoms with van der Waals surface area (Å²) in [4.78, 5) is 12.3. The van der Waals surface area contributed by atoms with Gasteiger partial charge in [-0.05, 0) is 25.3 Å². The van der Waals surface area contributed by atoms with Crippen molar-refractivity contribution < 1.29 is 8.42 Å². The maximum absolute atomic E-state index is 12.7. The van der Waals surface area contributed by atoms with Gasteiger partial charge in [-0.15, -0.1) is 0 Å². The highest BCUT2D eigenvalue weighted by atomic mass is 32.2. The molecule has 0 N–H and O–H groups in total. The highest BCUT2D eigenvalue weighted by Crippen LogP contribution is 2.30. The minimum absolute atomic E-state index is 0.107. The van der Waals surface area contributed by atoms with Gasteiger partial charge in [0.15, 0.2) is 5.03 Å². The summed E-state index contributed by atoms with van der Waals surface area (Å²) in [5.41, 5.74) is 1.94. The quantitative estimate of drug-likeness (QED) is 0.845. The van der Waals surface area contributed by atoms with Gasteiger partial charge in [-0.2, -0.15) is 4.31 Å². The van der Waals surface area contributed by atoms with Crippen molar-refractivity contribution in [2.24, 2.45) is 7.05 Å². The van der Waals surface area contributed by atoms with Gasteiger partial charge in [0.1, 0.15) is 6.33 Å². The molecule has 0 aliphatic carbocycles. The molecule has 0 aromatic carbocycles. The van der Waals surface area contributed by atoms with Crippen LogP contribution in [-0.2, 0) is 17.1 Å². The Kier molecular flexibility index (Phi) is 3.96. The fraction of sp³-hybridized carbons (Fsp3) is 0.500. The maximum atomic E-state index is 12.7. The number of hydrogen-bond donors (Lipinski definition) is 0. The summed E-state index contributed by atoms with van der Waals surface area (Å²) in [6.07, 6.45) is 8.09. The largest absolute Gasteiger partial charge is 0.339 e. The first-order valence-electron chi connectivity index (χ1n) is 7.23. The van der Waals surface area contributed by atoms with E-state index in [-0.39, 0.29) is 10.9 Å². The summed E-state index contributed by atoms with van der Waals surface area (Å²) in [6, 6.07) is 0. The van der Waals surface area contributed by atoms with E-state index in [1.807, 2.05) is 6.92 Å². The molecule has 0 spiro atoms. The van der Waals surface area contributed by atoms with Gasteiger partial charge in [-0.25, -0.2) is 23.4 Å². The molecule has 7 nitrogen and oxygen atoms in total. The fourth-order valence-corrected chi connectivity index (χ4v) is 4.36. The van der Waals surface area contributed by atoms with Gasteiger partial charge in [0.05, 0.1) is 12.0 Å². The predicted octanol–water partition coefficient (Wildman–Crippen LogP) is 1.09. The van der Waals surface area contributed by atoms with Crippen LogP contribution in [0.25, 0.3) is 0 Å². The van der Waals surface area contributed by atoms with Gasteiger partial charge in [-0.1, -0.05) is 0 Å². The second-order valence-electron chi connectivity index (χ2n) is 5.67. The molecule has 1 saturated heterocycles. The Morgan fingerprint density at radius 1 is 1.32 bits per heavy atom. The Balaban J connectivity index is 1.86. The molecular weight excluding hydrogens is 302 g/mol. The van der Waals surface area contributed by atoms with E-state index in [2.05, 4.69) is 15.0 Å². The van der Waals surface area contributed by atoms with Gasteiger partial charge in [-0.3, -0.25) is 0 Å². The lowest BCUT2D eigenvalue weighted by molar-refractivity contribution is 0.311. The lowest BCUT2D eigenvalue weighted by atomic mass is 9.94. The van der Waals surface area contributed by atoms with Crippen LogP contribution >= 0.6 is 0 Å². The summed E-state index contributed by atoms with van der Waals surface area (Å²) in [5, 5.41) is 0.107. The second-order valence-corrected chi connectivity index (χ2v) is 7.56. The van der Waals surface area contributed by atoms with Crippen molar-refractivity contribution in [3.8, 4) is 0 Å². The SMILES string of the molecule is Cc1cncnc1[C@@H]1CCCN(S(=O)(=O)c2cn(C)cn2)C1. The number of aryl methyl sites for hydroxylation is 2. The van der Waals surface area contributed by atoms with Crippen molar-refractivity contribution in [1.82, 2.24) is 23.8 Å². The third kappa shape index (κ3) is 2.76. The normalized spacial score (nSPS) is 20.2.